The van der Waals surface area contributed by atoms with Gasteiger partial charge in [-0.25, -0.2) is 4.79 Å². The summed E-state index contributed by atoms with van der Waals surface area (Å²) in [5.41, 5.74) is 4.21. The van der Waals surface area contributed by atoms with E-state index in [1.54, 1.807) is 0 Å². The Balaban J connectivity index is 1.97. The number of carbonyl (C=O) groups is 2. The van der Waals surface area contributed by atoms with Crippen molar-refractivity contribution in [3.63, 3.8) is 0 Å². The molecule has 0 bridgehead atoms. The summed E-state index contributed by atoms with van der Waals surface area (Å²) in [7, 11) is 0. The molecule has 130 valence electrons. The number of amides is 1. The Hall–Kier alpha value is -2.92. The SMILES string of the molecule is Cc1ccccc1[C@@H]1CC(=O)Nc2c1sc(C(=O)O)c2-c1ccccc1. The van der Waals surface area contributed by atoms with Crippen molar-refractivity contribution in [2.45, 2.75) is 19.3 Å². The lowest BCUT2D eigenvalue weighted by Gasteiger charge is -2.25. The summed E-state index contributed by atoms with van der Waals surface area (Å²) in [6.07, 6.45) is 0.325. The highest BCUT2D eigenvalue weighted by atomic mass is 32.1. The molecule has 4 nitrogen and oxygen atoms in total. The molecule has 0 fully saturated rings. The lowest BCUT2D eigenvalue weighted by Crippen LogP contribution is -2.22. The van der Waals surface area contributed by atoms with Crippen LogP contribution in [0, 0.1) is 6.92 Å². The number of hydrogen-bond acceptors (Lipinski definition) is 3. The molecule has 5 heteroatoms. The summed E-state index contributed by atoms with van der Waals surface area (Å²) in [5, 5.41) is 12.7. The molecule has 0 spiro atoms. The number of carboxylic acids is 1. The number of fused-ring (bicyclic) bond motifs is 1. The van der Waals surface area contributed by atoms with Gasteiger partial charge >= 0.3 is 5.97 Å². The molecule has 0 unspecified atom stereocenters. The van der Waals surface area contributed by atoms with Gasteiger partial charge in [0.25, 0.3) is 0 Å². The Morgan fingerprint density at radius 1 is 1.12 bits per heavy atom. The van der Waals surface area contributed by atoms with Crippen molar-refractivity contribution in [3.8, 4) is 11.1 Å². The molecule has 1 amide bonds. The standard InChI is InChI=1S/C21H17NO3S/c1-12-7-5-6-10-14(12)15-11-16(23)22-18-17(13-8-3-2-4-9-13)20(21(24)25)26-19(15)18/h2-10,15H,11H2,1H3,(H,22,23)(H,24,25)/t15-/m0/s1. The molecule has 1 aliphatic rings. The zero-order valence-corrected chi connectivity index (χ0v) is 15.0. The Morgan fingerprint density at radius 2 is 1.81 bits per heavy atom. The summed E-state index contributed by atoms with van der Waals surface area (Å²) >= 11 is 1.26. The maximum atomic E-state index is 12.4. The van der Waals surface area contributed by atoms with Crippen LogP contribution >= 0.6 is 11.3 Å². The van der Waals surface area contributed by atoms with Gasteiger partial charge in [0.2, 0.25) is 5.91 Å². The van der Waals surface area contributed by atoms with Gasteiger partial charge in [-0.2, -0.15) is 0 Å². The van der Waals surface area contributed by atoms with E-state index in [-0.39, 0.29) is 16.7 Å². The van der Waals surface area contributed by atoms with Crippen LogP contribution in [0.15, 0.2) is 54.6 Å². The largest absolute Gasteiger partial charge is 0.477 e. The van der Waals surface area contributed by atoms with Crippen molar-refractivity contribution in [3.05, 3.63) is 75.5 Å². The van der Waals surface area contributed by atoms with E-state index in [1.165, 1.54) is 11.3 Å². The monoisotopic (exact) mass is 363 g/mol. The van der Waals surface area contributed by atoms with Gasteiger partial charge in [0, 0.05) is 22.8 Å². The Kier molecular flexibility index (Phi) is 4.09. The first-order valence-electron chi connectivity index (χ1n) is 8.37. The van der Waals surface area contributed by atoms with E-state index in [0.29, 0.717) is 17.7 Å². The molecule has 2 N–H and O–H groups in total. The van der Waals surface area contributed by atoms with Crippen LogP contribution in [0.25, 0.3) is 11.1 Å². The third-order valence-electron chi connectivity index (χ3n) is 4.73. The molecule has 1 aliphatic heterocycles. The third kappa shape index (κ3) is 2.70. The second-order valence-corrected chi connectivity index (χ2v) is 7.43. The van der Waals surface area contributed by atoms with E-state index in [9.17, 15) is 14.7 Å². The van der Waals surface area contributed by atoms with E-state index >= 15 is 0 Å². The van der Waals surface area contributed by atoms with Crippen molar-refractivity contribution >= 4 is 28.9 Å². The molecule has 0 saturated heterocycles. The first-order valence-corrected chi connectivity index (χ1v) is 9.18. The molecule has 0 aliphatic carbocycles. The van der Waals surface area contributed by atoms with Crippen molar-refractivity contribution in [2.24, 2.45) is 0 Å². The fraction of sp³-hybridized carbons (Fsp3) is 0.143. The minimum atomic E-state index is -0.971. The van der Waals surface area contributed by atoms with Crippen LogP contribution in [0.1, 0.15) is 38.0 Å². The highest BCUT2D eigenvalue weighted by molar-refractivity contribution is 7.15. The smallest absolute Gasteiger partial charge is 0.346 e. The van der Waals surface area contributed by atoms with E-state index in [0.717, 1.165) is 21.6 Å². The van der Waals surface area contributed by atoms with Gasteiger partial charge in [0.05, 0.1) is 5.69 Å². The maximum Gasteiger partial charge on any atom is 0.346 e. The molecule has 0 radical (unpaired) electrons. The first kappa shape index (κ1) is 16.5. The Labute approximate surface area is 155 Å². The molecular weight excluding hydrogens is 346 g/mol. The minimum Gasteiger partial charge on any atom is -0.477 e. The first-order chi connectivity index (χ1) is 12.6. The normalized spacial score (nSPS) is 16.0. The zero-order valence-electron chi connectivity index (χ0n) is 14.2. The van der Waals surface area contributed by atoms with Gasteiger partial charge < -0.3 is 10.4 Å². The highest BCUT2D eigenvalue weighted by Crippen LogP contribution is 2.49. The van der Waals surface area contributed by atoms with Crippen molar-refractivity contribution in [1.29, 1.82) is 0 Å². The topological polar surface area (TPSA) is 66.4 Å². The Bertz CT molecular complexity index is 1010. The van der Waals surface area contributed by atoms with Gasteiger partial charge in [-0.15, -0.1) is 11.3 Å². The average Bonchev–Trinajstić information content (AvgIpc) is 3.02. The summed E-state index contributed by atoms with van der Waals surface area (Å²) in [4.78, 5) is 25.5. The lowest BCUT2D eigenvalue weighted by molar-refractivity contribution is -0.116. The molecule has 3 aromatic rings. The number of hydrogen-bond donors (Lipinski definition) is 2. The number of carbonyl (C=O) groups excluding carboxylic acids is 1. The number of thiophene rings is 1. The predicted molar refractivity (Wildman–Crippen MR) is 103 cm³/mol. The average molecular weight is 363 g/mol. The molecule has 4 rings (SSSR count). The van der Waals surface area contributed by atoms with Gasteiger partial charge in [0.15, 0.2) is 0 Å². The lowest BCUT2D eigenvalue weighted by atomic mass is 9.86. The van der Waals surface area contributed by atoms with E-state index in [1.807, 2.05) is 61.5 Å². The second-order valence-electron chi connectivity index (χ2n) is 6.38. The molecule has 1 atom stereocenters. The number of aryl methyl sites for hydroxylation is 1. The van der Waals surface area contributed by atoms with Crippen LogP contribution in [-0.4, -0.2) is 17.0 Å². The van der Waals surface area contributed by atoms with Gasteiger partial charge in [-0.3, -0.25) is 4.79 Å². The summed E-state index contributed by atoms with van der Waals surface area (Å²) in [6.45, 7) is 2.02. The fourth-order valence-electron chi connectivity index (χ4n) is 3.55. The van der Waals surface area contributed by atoms with Crippen molar-refractivity contribution in [2.75, 3.05) is 5.32 Å². The Morgan fingerprint density at radius 3 is 2.50 bits per heavy atom. The molecule has 0 saturated carbocycles. The maximum absolute atomic E-state index is 12.4. The summed E-state index contributed by atoms with van der Waals surface area (Å²) < 4.78 is 0. The van der Waals surface area contributed by atoms with Crippen molar-refractivity contribution < 1.29 is 14.7 Å². The van der Waals surface area contributed by atoms with Crippen LogP contribution in [0.5, 0.6) is 0 Å². The zero-order chi connectivity index (χ0) is 18.3. The quantitative estimate of drug-likeness (QED) is 0.696. The van der Waals surface area contributed by atoms with E-state index in [4.69, 9.17) is 0 Å². The number of carboxylic acid groups (broad SMARTS) is 1. The number of aromatic carboxylic acids is 1. The number of nitrogens with one attached hydrogen (secondary N) is 1. The molecule has 1 aromatic heterocycles. The predicted octanol–water partition coefficient (Wildman–Crippen LogP) is 4.90. The molecule has 2 heterocycles. The summed E-state index contributed by atoms with van der Waals surface area (Å²) in [6, 6.07) is 17.3. The second kappa shape index (κ2) is 6.42. The molecular formula is C21H17NO3S. The van der Waals surface area contributed by atoms with Crippen LogP contribution in [0.3, 0.4) is 0 Å². The highest BCUT2D eigenvalue weighted by Gasteiger charge is 2.34. The van der Waals surface area contributed by atoms with Crippen LogP contribution in [0.4, 0.5) is 5.69 Å². The molecule has 26 heavy (non-hydrogen) atoms. The number of benzene rings is 2. The van der Waals surface area contributed by atoms with Gasteiger partial charge in [0.1, 0.15) is 4.88 Å². The van der Waals surface area contributed by atoms with Crippen molar-refractivity contribution in [1.82, 2.24) is 0 Å². The van der Waals surface area contributed by atoms with E-state index in [2.05, 4.69) is 5.32 Å². The summed E-state index contributed by atoms with van der Waals surface area (Å²) in [5.74, 6) is -1.18. The fourth-order valence-corrected chi connectivity index (χ4v) is 4.78. The third-order valence-corrected chi connectivity index (χ3v) is 6.02. The van der Waals surface area contributed by atoms with Crippen LogP contribution < -0.4 is 5.32 Å². The van der Waals surface area contributed by atoms with Gasteiger partial charge in [-0.05, 0) is 23.6 Å². The minimum absolute atomic E-state index is 0.0855. The van der Waals surface area contributed by atoms with E-state index < -0.39 is 5.97 Å². The molecule has 2 aromatic carbocycles. The number of anilines is 1. The van der Waals surface area contributed by atoms with Crippen LogP contribution in [-0.2, 0) is 4.79 Å². The van der Waals surface area contributed by atoms with Gasteiger partial charge in [-0.1, -0.05) is 54.6 Å². The number of rotatable bonds is 3. The van der Waals surface area contributed by atoms with Crippen LogP contribution in [0.2, 0.25) is 0 Å².